The van der Waals surface area contributed by atoms with Gasteiger partial charge in [-0.3, -0.25) is 4.79 Å². The normalized spacial score (nSPS) is 10.6. The van der Waals surface area contributed by atoms with Gasteiger partial charge < -0.3 is 4.57 Å². The van der Waals surface area contributed by atoms with Crippen LogP contribution < -0.4 is 0 Å². The van der Waals surface area contributed by atoms with E-state index in [1.54, 1.807) is 18.5 Å². The number of aryl methyl sites for hydroxylation is 1. The molecule has 0 spiro atoms. The van der Waals surface area contributed by atoms with Crippen molar-refractivity contribution < 1.29 is 4.79 Å². The third kappa shape index (κ3) is 1.33. The largest absolute Gasteiger partial charge is 0.334 e. The predicted octanol–water partition coefficient (Wildman–Crippen LogP) is 1.64. The van der Waals surface area contributed by atoms with Gasteiger partial charge in [0, 0.05) is 12.6 Å². The monoisotopic (exact) mass is 192 g/mol. The fraction of sp³-hybridized carbons (Fsp3) is 0.111. The lowest BCUT2D eigenvalue weighted by Crippen LogP contribution is -1.89. The maximum Gasteiger partial charge on any atom is 0.216 e. The molecule has 1 aromatic carbocycles. The molecule has 0 aliphatic rings. The first-order valence-electron chi connectivity index (χ1n) is 3.83. The zero-order valence-corrected chi connectivity index (χ0v) is 7.95. The van der Waals surface area contributed by atoms with E-state index in [-0.39, 0.29) is 5.12 Å². The number of aromatic nitrogens is 2. The van der Waals surface area contributed by atoms with Crippen LogP contribution in [0.3, 0.4) is 0 Å². The Kier molecular flexibility index (Phi) is 1.84. The Labute approximate surface area is 80.8 Å². The summed E-state index contributed by atoms with van der Waals surface area (Å²) < 4.78 is 1.90. The topological polar surface area (TPSA) is 34.9 Å². The SMILES string of the molecule is Cn1cnc2cc(C(=O)S)ccc21. The smallest absolute Gasteiger partial charge is 0.216 e. The Hall–Kier alpha value is -1.29. The molecule has 0 aliphatic carbocycles. The lowest BCUT2D eigenvalue weighted by molar-refractivity contribution is 0.109. The van der Waals surface area contributed by atoms with Gasteiger partial charge in [0.15, 0.2) is 0 Å². The van der Waals surface area contributed by atoms with Gasteiger partial charge in [-0.15, -0.1) is 12.6 Å². The van der Waals surface area contributed by atoms with Crippen molar-refractivity contribution in [2.24, 2.45) is 7.05 Å². The van der Waals surface area contributed by atoms with Crippen molar-refractivity contribution in [3.05, 3.63) is 30.1 Å². The summed E-state index contributed by atoms with van der Waals surface area (Å²) >= 11 is 3.75. The Bertz CT molecular complexity index is 475. The van der Waals surface area contributed by atoms with Crippen LogP contribution in [0, 0.1) is 0 Å². The van der Waals surface area contributed by atoms with Crippen molar-refractivity contribution in [1.82, 2.24) is 9.55 Å². The molecule has 0 radical (unpaired) electrons. The second-order valence-corrected chi connectivity index (χ2v) is 3.27. The van der Waals surface area contributed by atoms with Gasteiger partial charge in [0.1, 0.15) is 0 Å². The number of imidazole rings is 1. The third-order valence-electron chi connectivity index (χ3n) is 1.97. The Morgan fingerprint density at radius 1 is 1.54 bits per heavy atom. The second-order valence-electron chi connectivity index (χ2n) is 2.86. The molecule has 0 N–H and O–H groups in total. The van der Waals surface area contributed by atoms with Crippen LogP contribution >= 0.6 is 12.6 Å². The van der Waals surface area contributed by atoms with Crippen LogP contribution in [-0.2, 0) is 7.05 Å². The van der Waals surface area contributed by atoms with Crippen LogP contribution in [0.5, 0.6) is 0 Å². The summed E-state index contributed by atoms with van der Waals surface area (Å²) in [5, 5.41) is -0.229. The summed E-state index contributed by atoms with van der Waals surface area (Å²) in [6.45, 7) is 0. The number of hydrogen-bond acceptors (Lipinski definition) is 2. The molecule has 2 rings (SSSR count). The number of carbonyl (C=O) groups excluding carboxylic acids is 1. The van der Waals surface area contributed by atoms with Gasteiger partial charge in [-0.25, -0.2) is 4.98 Å². The first-order valence-corrected chi connectivity index (χ1v) is 4.27. The van der Waals surface area contributed by atoms with Crippen molar-refractivity contribution in [2.45, 2.75) is 0 Å². The number of fused-ring (bicyclic) bond motifs is 1. The standard InChI is InChI=1S/C9H8N2OS/c1-11-5-10-7-4-6(9(12)13)2-3-8(7)11/h2-5H,1H3,(H,12,13). The van der Waals surface area contributed by atoms with Gasteiger partial charge in [-0.2, -0.15) is 0 Å². The number of benzene rings is 1. The Morgan fingerprint density at radius 2 is 2.31 bits per heavy atom. The van der Waals surface area contributed by atoms with Gasteiger partial charge in [0.05, 0.1) is 17.4 Å². The van der Waals surface area contributed by atoms with Crippen LogP contribution in [0.25, 0.3) is 11.0 Å². The van der Waals surface area contributed by atoms with Gasteiger partial charge in [-0.05, 0) is 18.2 Å². The summed E-state index contributed by atoms with van der Waals surface area (Å²) in [7, 11) is 1.91. The molecule has 0 atom stereocenters. The van der Waals surface area contributed by atoms with E-state index in [1.165, 1.54) is 0 Å². The second kappa shape index (κ2) is 2.88. The molecule has 1 heterocycles. The van der Waals surface area contributed by atoms with Crippen LogP contribution in [0.15, 0.2) is 24.5 Å². The zero-order chi connectivity index (χ0) is 9.42. The maximum atomic E-state index is 10.9. The molecule has 2 aromatic rings. The molecule has 0 saturated carbocycles. The minimum absolute atomic E-state index is 0.229. The quantitative estimate of drug-likeness (QED) is 0.697. The molecule has 0 aliphatic heterocycles. The molecular weight excluding hydrogens is 184 g/mol. The third-order valence-corrected chi connectivity index (χ3v) is 2.23. The fourth-order valence-corrected chi connectivity index (χ4v) is 1.41. The average Bonchev–Trinajstić information content (AvgIpc) is 2.47. The van der Waals surface area contributed by atoms with Gasteiger partial charge in [0.25, 0.3) is 0 Å². The average molecular weight is 192 g/mol. The number of carbonyl (C=O) groups is 1. The highest BCUT2D eigenvalue weighted by atomic mass is 32.1. The molecule has 4 heteroatoms. The molecule has 0 amide bonds. The van der Waals surface area contributed by atoms with Crippen LogP contribution in [0.1, 0.15) is 10.4 Å². The van der Waals surface area contributed by atoms with Crippen LogP contribution in [-0.4, -0.2) is 14.7 Å². The van der Waals surface area contributed by atoms with E-state index in [1.807, 2.05) is 17.7 Å². The predicted molar refractivity (Wildman–Crippen MR) is 54.0 cm³/mol. The highest BCUT2D eigenvalue weighted by Crippen LogP contribution is 2.14. The van der Waals surface area contributed by atoms with Gasteiger partial charge in [0.2, 0.25) is 5.12 Å². The first kappa shape index (κ1) is 8.31. The molecule has 0 saturated heterocycles. The molecule has 3 nitrogen and oxygen atoms in total. The molecule has 0 bridgehead atoms. The highest BCUT2D eigenvalue weighted by molar-refractivity contribution is 7.97. The minimum Gasteiger partial charge on any atom is -0.334 e. The number of thiol groups is 1. The fourth-order valence-electron chi connectivity index (χ4n) is 1.27. The van der Waals surface area contributed by atoms with Crippen molar-refractivity contribution >= 4 is 28.8 Å². The summed E-state index contributed by atoms with van der Waals surface area (Å²) in [6.07, 6.45) is 1.72. The van der Waals surface area contributed by atoms with E-state index >= 15 is 0 Å². The lowest BCUT2D eigenvalue weighted by atomic mass is 10.2. The first-order chi connectivity index (χ1) is 6.18. The van der Waals surface area contributed by atoms with Crippen molar-refractivity contribution in [2.75, 3.05) is 0 Å². The van der Waals surface area contributed by atoms with E-state index in [4.69, 9.17) is 0 Å². The van der Waals surface area contributed by atoms with E-state index in [0.29, 0.717) is 5.56 Å². The van der Waals surface area contributed by atoms with Crippen LogP contribution in [0.4, 0.5) is 0 Å². The summed E-state index contributed by atoms with van der Waals surface area (Å²) in [4.78, 5) is 15.1. The van der Waals surface area contributed by atoms with Crippen molar-refractivity contribution in [1.29, 1.82) is 0 Å². The minimum atomic E-state index is -0.229. The lowest BCUT2D eigenvalue weighted by Gasteiger charge is -1.95. The summed E-state index contributed by atoms with van der Waals surface area (Å²) in [5.41, 5.74) is 2.41. The van der Waals surface area contributed by atoms with Crippen molar-refractivity contribution in [3.63, 3.8) is 0 Å². The number of rotatable bonds is 1. The zero-order valence-electron chi connectivity index (χ0n) is 7.06. The van der Waals surface area contributed by atoms with Gasteiger partial charge in [-0.1, -0.05) is 0 Å². The molecule has 0 unspecified atom stereocenters. The van der Waals surface area contributed by atoms with Crippen molar-refractivity contribution in [3.8, 4) is 0 Å². The number of hydrogen-bond donors (Lipinski definition) is 1. The van der Waals surface area contributed by atoms with E-state index < -0.39 is 0 Å². The van der Waals surface area contributed by atoms with E-state index in [2.05, 4.69) is 17.6 Å². The summed E-state index contributed by atoms with van der Waals surface area (Å²) in [5.74, 6) is 0. The molecule has 1 aromatic heterocycles. The van der Waals surface area contributed by atoms with E-state index in [9.17, 15) is 4.79 Å². The molecule has 66 valence electrons. The number of nitrogens with zero attached hydrogens (tertiary/aromatic N) is 2. The Balaban J connectivity index is 2.70. The molecule has 0 fully saturated rings. The Morgan fingerprint density at radius 3 is 3.00 bits per heavy atom. The maximum absolute atomic E-state index is 10.9. The van der Waals surface area contributed by atoms with Gasteiger partial charge >= 0.3 is 0 Å². The molecular formula is C9H8N2OS. The highest BCUT2D eigenvalue weighted by Gasteiger charge is 2.03. The molecule has 13 heavy (non-hydrogen) atoms. The van der Waals surface area contributed by atoms with E-state index in [0.717, 1.165) is 11.0 Å². The van der Waals surface area contributed by atoms with Crippen LogP contribution in [0.2, 0.25) is 0 Å². The summed E-state index contributed by atoms with van der Waals surface area (Å²) in [6, 6.07) is 5.36.